The molecule has 0 aliphatic carbocycles. The average Bonchev–Trinajstić information content (AvgIpc) is 2.50. The Morgan fingerprint density at radius 3 is 2.61 bits per heavy atom. The highest BCUT2D eigenvalue weighted by molar-refractivity contribution is 14.0. The molecule has 0 fully saturated rings. The third-order valence-electron chi connectivity index (χ3n) is 3.18. The number of nitrogens with one attached hydrogen (secondary N) is 1. The van der Waals surface area contributed by atoms with Crippen LogP contribution in [0.4, 0.5) is 0 Å². The fraction of sp³-hybridized carbons (Fsp3) is 0.562. The minimum absolute atomic E-state index is 0. The summed E-state index contributed by atoms with van der Waals surface area (Å²) in [5, 5.41) is 4.50. The van der Waals surface area contributed by atoms with Crippen LogP contribution in [0.3, 0.4) is 0 Å². The molecule has 4 nitrogen and oxygen atoms in total. The van der Waals surface area contributed by atoms with E-state index in [0.717, 1.165) is 50.7 Å². The van der Waals surface area contributed by atoms with Crippen molar-refractivity contribution in [1.29, 1.82) is 0 Å². The molecular weight excluding hydrogens is 448 g/mol. The fourth-order valence-corrected chi connectivity index (χ4v) is 2.37. The fourth-order valence-electron chi connectivity index (χ4n) is 2.05. The third kappa shape index (κ3) is 8.98. The van der Waals surface area contributed by atoms with Crippen molar-refractivity contribution in [2.45, 2.75) is 26.3 Å². The van der Waals surface area contributed by atoms with Crippen molar-refractivity contribution in [3.05, 3.63) is 33.8 Å². The van der Waals surface area contributed by atoms with Crippen LogP contribution in [0.1, 0.15) is 25.3 Å². The van der Waals surface area contributed by atoms with E-state index in [9.17, 15) is 0 Å². The molecule has 0 unspecified atom stereocenters. The normalized spacial score (nSPS) is 11.1. The summed E-state index contributed by atoms with van der Waals surface area (Å²) in [4.78, 5) is 6.36. The van der Waals surface area contributed by atoms with E-state index >= 15 is 0 Å². The zero-order chi connectivity index (χ0) is 16.4. The van der Waals surface area contributed by atoms with E-state index < -0.39 is 0 Å². The summed E-state index contributed by atoms with van der Waals surface area (Å²) in [7, 11) is 3.78. The second-order valence-electron chi connectivity index (χ2n) is 4.98. The van der Waals surface area contributed by atoms with E-state index in [1.54, 1.807) is 7.05 Å². The lowest BCUT2D eigenvalue weighted by atomic mass is 10.2. The summed E-state index contributed by atoms with van der Waals surface area (Å²) in [6.45, 7) is 5.20. The highest BCUT2D eigenvalue weighted by Gasteiger charge is 2.07. The van der Waals surface area contributed by atoms with Gasteiger partial charge in [-0.15, -0.1) is 24.0 Å². The van der Waals surface area contributed by atoms with Crippen molar-refractivity contribution in [3.8, 4) is 0 Å². The number of halogens is 3. The molecule has 23 heavy (non-hydrogen) atoms. The van der Waals surface area contributed by atoms with Gasteiger partial charge in [0.15, 0.2) is 5.96 Å². The Bertz CT molecular complexity index is 486. The van der Waals surface area contributed by atoms with Crippen LogP contribution in [0.25, 0.3) is 0 Å². The number of aliphatic imine (C=N–C) groups is 1. The van der Waals surface area contributed by atoms with E-state index in [1.807, 2.05) is 32.2 Å². The molecule has 0 aromatic heterocycles. The molecule has 0 spiro atoms. The Kier molecular flexibility index (Phi) is 13.0. The zero-order valence-corrected chi connectivity index (χ0v) is 17.8. The van der Waals surface area contributed by atoms with Crippen LogP contribution < -0.4 is 5.32 Å². The Balaban J connectivity index is 0.00000484. The first kappa shape index (κ1) is 22.8. The molecule has 7 heteroatoms. The van der Waals surface area contributed by atoms with Gasteiger partial charge in [0, 0.05) is 40.4 Å². The van der Waals surface area contributed by atoms with E-state index in [4.69, 9.17) is 27.9 Å². The molecule has 0 heterocycles. The van der Waals surface area contributed by atoms with Gasteiger partial charge in [0.2, 0.25) is 0 Å². The summed E-state index contributed by atoms with van der Waals surface area (Å²) in [6, 6.07) is 5.67. The Labute approximate surface area is 166 Å². The van der Waals surface area contributed by atoms with E-state index in [-0.39, 0.29) is 24.0 Å². The maximum absolute atomic E-state index is 6.05. The molecule has 0 bridgehead atoms. The molecule has 1 aromatic carbocycles. The van der Waals surface area contributed by atoms with Gasteiger partial charge in [-0.25, -0.2) is 0 Å². The van der Waals surface area contributed by atoms with Crippen molar-refractivity contribution in [1.82, 2.24) is 10.2 Å². The number of ether oxygens (including phenoxy) is 1. The second-order valence-corrected chi connectivity index (χ2v) is 5.80. The van der Waals surface area contributed by atoms with Gasteiger partial charge in [0.05, 0.1) is 10.0 Å². The van der Waals surface area contributed by atoms with Crippen LogP contribution in [0.2, 0.25) is 10.0 Å². The zero-order valence-electron chi connectivity index (χ0n) is 13.9. The Morgan fingerprint density at radius 2 is 2.00 bits per heavy atom. The number of nitrogens with zero attached hydrogens (tertiary/aromatic N) is 2. The number of rotatable bonds is 8. The first-order chi connectivity index (χ1) is 10.6. The largest absolute Gasteiger partial charge is 0.382 e. The number of hydrogen-bond acceptors (Lipinski definition) is 2. The van der Waals surface area contributed by atoms with Gasteiger partial charge < -0.3 is 15.0 Å². The molecule has 0 saturated carbocycles. The number of hydrogen-bond donors (Lipinski definition) is 1. The van der Waals surface area contributed by atoms with Gasteiger partial charge in [-0.05, 0) is 37.5 Å². The lowest BCUT2D eigenvalue weighted by molar-refractivity contribution is 0.143. The van der Waals surface area contributed by atoms with Crippen LogP contribution >= 0.6 is 47.2 Å². The van der Waals surface area contributed by atoms with Gasteiger partial charge in [0.25, 0.3) is 0 Å². The minimum atomic E-state index is 0. The second kappa shape index (κ2) is 13.1. The molecule has 0 atom stereocenters. The maximum atomic E-state index is 6.05. The molecular formula is C16H26Cl2IN3O. The van der Waals surface area contributed by atoms with Gasteiger partial charge in [-0.3, -0.25) is 4.99 Å². The number of guanidine groups is 1. The standard InChI is InChI=1S/C16H25Cl2N3O.HI/c1-4-22-10-6-5-9-20-16(19-2)21(3)12-13-7-8-14(17)15(18)11-13;/h7-8,11H,4-6,9-10,12H2,1-3H3,(H,19,20);1H. The summed E-state index contributed by atoms with van der Waals surface area (Å²) in [5.74, 6) is 0.863. The highest BCUT2D eigenvalue weighted by atomic mass is 127. The molecule has 1 N–H and O–H groups in total. The molecule has 0 radical (unpaired) electrons. The van der Waals surface area contributed by atoms with Crippen LogP contribution in [0.15, 0.2) is 23.2 Å². The maximum Gasteiger partial charge on any atom is 0.193 e. The smallest absolute Gasteiger partial charge is 0.193 e. The Morgan fingerprint density at radius 1 is 1.26 bits per heavy atom. The first-order valence-corrected chi connectivity index (χ1v) is 8.27. The van der Waals surface area contributed by atoms with Gasteiger partial charge in [-0.1, -0.05) is 29.3 Å². The van der Waals surface area contributed by atoms with E-state index in [2.05, 4.69) is 15.2 Å². The summed E-state index contributed by atoms with van der Waals surface area (Å²) in [6.07, 6.45) is 2.11. The predicted molar refractivity (Wildman–Crippen MR) is 110 cm³/mol. The third-order valence-corrected chi connectivity index (χ3v) is 3.92. The van der Waals surface area contributed by atoms with Crippen molar-refractivity contribution in [3.63, 3.8) is 0 Å². The van der Waals surface area contributed by atoms with Crippen molar-refractivity contribution in [2.75, 3.05) is 33.9 Å². The quantitative estimate of drug-likeness (QED) is 0.262. The molecule has 132 valence electrons. The molecule has 1 rings (SSSR count). The number of benzene rings is 1. The average molecular weight is 474 g/mol. The van der Waals surface area contributed by atoms with Crippen LogP contribution in [-0.4, -0.2) is 44.7 Å². The Hall–Kier alpha value is -0.240. The van der Waals surface area contributed by atoms with E-state index in [0.29, 0.717) is 10.0 Å². The minimum Gasteiger partial charge on any atom is -0.382 e. The highest BCUT2D eigenvalue weighted by Crippen LogP contribution is 2.23. The predicted octanol–water partition coefficient (Wildman–Crippen LogP) is 4.44. The molecule has 1 aromatic rings. The van der Waals surface area contributed by atoms with E-state index in [1.165, 1.54) is 0 Å². The van der Waals surface area contributed by atoms with Crippen LogP contribution in [0, 0.1) is 0 Å². The van der Waals surface area contributed by atoms with Gasteiger partial charge >= 0.3 is 0 Å². The molecule has 0 aliphatic heterocycles. The summed E-state index contributed by atoms with van der Waals surface area (Å²) >= 11 is 12.0. The first-order valence-electron chi connectivity index (χ1n) is 7.52. The van der Waals surface area contributed by atoms with Crippen molar-refractivity contribution in [2.24, 2.45) is 4.99 Å². The lowest BCUT2D eigenvalue weighted by Gasteiger charge is -2.22. The van der Waals surface area contributed by atoms with Gasteiger partial charge in [-0.2, -0.15) is 0 Å². The van der Waals surface area contributed by atoms with Crippen molar-refractivity contribution < 1.29 is 4.74 Å². The molecule has 0 aliphatic rings. The molecule has 0 saturated heterocycles. The molecule has 0 amide bonds. The number of unbranched alkanes of at least 4 members (excludes halogenated alkanes) is 1. The van der Waals surface area contributed by atoms with Crippen molar-refractivity contribution >= 4 is 53.1 Å². The summed E-state index contributed by atoms with van der Waals surface area (Å²) < 4.78 is 5.32. The topological polar surface area (TPSA) is 36.9 Å². The SMILES string of the molecule is CCOCCCCNC(=NC)N(C)Cc1ccc(Cl)c(Cl)c1.I. The monoisotopic (exact) mass is 473 g/mol. The summed E-state index contributed by atoms with van der Waals surface area (Å²) in [5.41, 5.74) is 1.09. The lowest BCUT2D eigenvalue weighted by Crippen LogP contribution is -2.38. The van der Waals surface area contributed by atoms with Crippen LogP contribution in [-0.2, 0) is 11.3 Å². The van der Waals surface area contributed by atoms with Crippen LogP contribution in [0.5, 0.6) is 0 Å². The van der Waals surface area contributed by atoms with Gasteiger partial charge in [0.1, 0.15) is 0 Å².